The van der Waals surface area contributed by atoms with Crippen molar-refractivity contribution in [3.8, 4) is 0 Å². The topological polar surface area (TPSA) is 125 Å². The average Bonchev–Trinajstić information content (AvgIpc) is 3.17. The molecule has 1 atom stereocenters. The van der Waals surface area contributed by atoms with Gasteiger partial charge in [-0.3, -0.25) is 19.2 Å². The number of ether oxygens (including phenoxy) is 4. The largest absolute Gasteiger partial charge is 0.465 e. The van der Waals surface area contributed by atoms with Gasteiger partial charge in [-0.15, -0.1) is 0 Å². The molecule has 0 saturated heterocycles. The summed E-state index contributed by atoms with van der Waals surface area (Å²) in [5.41, 5.74) is 0. The maximum atomic E-state index is 12.6. The number of rotatable bonds is 41. The van der Waals surface area contributed by atoms with Gasteiger partial charge in [0.25, 0.3) is 0 Å². The van der Waals surface area contributed by atoms with Gasteiger partial charge < -0.3 is 24.1 Å². The lowest BCUT2D eigenvalue weighted by atomic mass is 10.0. The van der Waals surface area contributed by atoms with E-state index in [0.717, 1.165) is 64.2 Å². The highest BCUT2D eigenvalue weighted by Crippen LogP contribution is 2.18. The fraction of sp³-hybridized carbons (Fsp3) is 0.870. The van der Waals surface area contributed by atoms with E-state index in [1.54, 1.807) is 0 Å². The van der Waals surface area contributed by atoms with E-state index in [4.69, 9.17) is 18.9 Å². The summed E-state index contributed by atoms with van der Waals surface area (Å²) in [6.07, 6.45) is 34.1. The van der Waals surface area contributed by atoms with E-state index in [1.165, 1.54) is 89.9 Å². The highest BCUT2D eigenvalue weighted by atomic mass is 16.6. The van der Waals surface area contributed by atoms with Crippen LogP contribution in [0.25, 0.3) is 0 Å². The van der Waals surface area contributed by atoms with Crippen molar-refractivity contribution in [2.75, 3.05) is 26.4 Å². The van der Waals surface area contributed by atoms with Crippen LogP contribution in [0.3, 0.4) is 0 Å². The summed E-state index contributed by atoms with van der Waals surface area (Å²) >= 11 is 0. The van der Waals surface area contributed by atoms with Crippen molar-refractivity contribution in [1.29, 1.82) is 0 Å². The third-order valence-corrected chi connectivity index (χ3v) is 10.0. The van der Waals surface area contributed by atoms with Crippen molar-refractivity contribution in [2.45, 2.75) is 226 Å². The molecule has 55 heavy (non-hydrogen) atoms. The fourth-order valence-corrected chi connectivity index (χ4v) is 6.40. The number of allylic oxidation sites excluding steroid dienone is 1. The lowest BCUT2D eigenvalue weighted by Gasteiger charge is -2.18. The molecule has 0 aromatic carbocycles. The third kappa shape index (κ3) is 38.2. The summed E-state index contributed by atoms with van der Waals surface area (Å²) in [7, 11) is 0. The molecular weight excluding hydrogens is 696 g/mol. The molecule has 0 saturated carbocycles. The van der Waals surface area contributed by atoms with Gasteiger partial charge >= 0.3 is 23.9 Å². The van der Waals surface area contributed by atoms with Crippen LogP contribution < -0.4 is 0 Å². The van der Waals surface area contributed by atoms with E-state index >= 15 is 0 Å². The smallest absolute Gasteiger partial charge is 0.306 e. The van der Waals surface area contributed by atoms with Gasteiger partial charge in [0.05, 0.1) is 25.7 Å². The third-order valence-electron chi connectivity index (χ3n) is 10.0. The Balaban J connectivity index is 4.00. The molecule has 9 nitrogen and oxygen atoms in total. The molecule has 0 aliphatic carbocycles. The Morgan fingerprint density at radius 3 is 1.31 bits per heavy atom. The fourth-order valence-electron chi connectivity index (χ4n) is 6.40. The molecule has 322 valence electrons. The van der Waals surface area contributed by atoms with Crippen LogP contribution in [0.5, 0.6) is 0 Å². The second-order valence-electron chi connectivity index (χ2n) is 15.5. The molecular formula is C46H84O9. The van der Waals surface area contributed by atoms with Crippen LogP contribution in [0.15, 0.2) is 12.2 Å². The van der Waals surface area contributed by atoms with Crippen molar-refractivity contribution in [3.05, 3.63) is 12.2 Å². The van der Waals surface area contributed by atoms with Crippen LogP contribution in [0, 0.1) is 5.92 Å². The van der Waals surface area contributed by atoms with Crippen molar-refractivity contribution in [1.82, 2.24) is 0 Å². The Hall–Kier alpha value is -2.42. The van der Waals surface area contributed by atoms with E-state index in [0.29, 0.717) is 38.7 Å². The SMILES string of the molecule is CCCCCC/C=C\COC(=O)CCCCCCCC(=O)OCC(CO)COC(=O)CCCCCC(=O)OC(CCCCCCCC)CCCCCCCC. The van der Waals surface area contributed by atoms with Crippen molar-refractivity contribution < 1.29 is 43.2 Å². The standard InChI is InChI=1S/C46H84O9/c1-4-7-10-13-16-22-30-37-52-43(48)33-26-20-17-21-27-34-44(49)53-39-41(38-47)40-54-45(50)35-28-23-29-36-46(51)55-42(31-24-18-14-11-8-5-2)32-25-19-15-12-9-6-3/h22,30,41-42,47H,4-21,23-29,31-40H2,1-3H3/b30-22-. The second kappa shape index (κ2) is 41.2. The molecule has 0 aromatic rings. The van der Waals surface area contributed by atoms with E-state index in [9.17, 15) is 24.3 Å². The summed E-state index contributed by atoms with van der Waals surface area (Å²) in [4.78, 5) is 48.9. The van der Waals surface area contributed by atoms with Gasteiger partial charge in [-0.05, 0) is 64.2 Å². The highest BCUT2D eigenvalue weighted by molar-refractivity contribution is 5.70. The van der Waals surface area contributed by atoms with Gasteiger partial charge in [0.2, 0.25) is 0 Å². The first-order valence-electron chi connectivity index (χ1n) is 22.8. The summed E-state index contributed by atoms with van der Waals surface area (Å²) in [6.45, 7) is 6.74. The molecule has 1 unspecified atom stereocenters. The number of hydrogen-bond acceptors (Lipinski definition) is 9. The number of esters is 4. The molecule has 1 N–H and O–H groups in total. The molecule has 0 amide bonds. The Morgan fingerprint density at radius 1 is 0.455 bits per heavy atom. The van der Waals surface area contributed by atoms with Crippen LogP contribution in [-0.2, 0) is 38.1 Å². The quantitative estimate of drug-likeness (QED) is 0.0279. The number of carbonyl (C=O) groups excluding carboxylic acids is 4. The Bertz CT molecular complexity index is 918. The zero-order valence-corrected chi connectivity index (χ0v) is 35.8. The minimum Gasteiger partial charge on any atom is -0.465 e. The first-order valence-corrected chi connectivity index (χ1v) is 22.8. The highest BCUT2D eigenvalue weighted by Gasteiger charge is 2.16. The average molecular weight is 781 g/mol. The Labute approximate surface area is 336 Å². The lowest BCUT2D eigenvalue weighted by Crippen LogP contribution is -2.23. The first kappa shape index (κ1) is 52.6. The number of aliphatic hydroxyl groups is 1. The minimum atomic E-state index is -0.468. The summed E-state index contributed by atoms with van der Waals surface area (Å²) in [6, 6.07) is 0. The molecule has 0 spiro atoms. The van der Waals surface area contributed by atoms with E-state index < -0.39 is 5.92 Å². The van der Waals surface area contributed by atoms with Gasteiger partial charge in [-0.25, -0.2) is 0 Å². The van der Waals surface area contributed by atoms with Gasteiger partial charge in [-0.1, -0.05) is 142 Å². The number of unbranched alkanes of at least 4 members (excludes halogenated alkanes) is 20. The zero-order valence-electron chi connectivity index (χ0n) is 35.8. The lowest BCUT2D eigenvalue weighted by molar-refractivity contribution is -0.151. The second-order valence-corrected chi connectivity index (χ2v) is 15.5. The monoisotopic (exact) mass is 781 g/mol. The maximum Gasteiger partial charge on any atom is 0.306 e. The number of carbonyl (C=O) groups is 4. The van der Waals surface area contributed by atoms with Crippen molar-refractivity contribution in [2.24, 2.45) is 5.92 Å². The minimum absolute atomic E-state index is 0.000406. The molecule has 0 aliphatic rings. The van der Waals surface area contributed by atoms with Crippen LogP contribution in [0.1, 0.15) is 220 Å². The first-order chi connectivity index (χ1) is 26.9. The van der Waals surface area contributed by atoms with E-state index in [-0.39, 0.29) is 62.6 Å². The maximum absolute atomic E-state index is 12.6. The summed E-state index contributed by atoms with van der Waals surface area (Å²) < 4.78 is 21.8. The molecule has 0 fully saturated rings. The van der Waals surface area contributed by atoms with Gasteiger partial charge in [-0.2, -0.15) is 0 Å². The van der Waals surface area contributed by atoms with E-state index in [1.807, 2.05) is 6.08 Å². The van der Waals surface area contributed by atoms with Gasteiger partial charge in [0.15, 0.2) is 0 Å². The summed E-state index contributed by atoms with van der Waals surface area (Å²) in [5, 5.41) is 9.68. The number of aliphatic hydroxyl groups excluding tert-OH is 1. The predicted molar refractivity (Wildman–Crippen MR) is 223 cm³/mol. The van der Waals surface area contributed by atoms with Crippen molar-refractivity contribution >= 4 is 23.9 Å². The van der Waals surface area contributed by atoms with Crippen LogP contribution in [0.4, 0.5) is 0 Å². The van der Waals surface area contributed by atoms with Gasteiger partial charge in [0.1, 0.15) is 12.7 Å². The van der Waals surface area contributed by atoms with Crippen LogP contribution in [0.2, 0.25) is 0 Å². The molecule has 0 aliphatic heterocycles. The molecule has 0 heterocycles. The normalized spacial score (nSPS) is 11.9. The molecule has 0 bridgehead atoms. The molecule has 9 heteroatoms. The zero-order chi connectivity index (χ0) is 40.5. The van der Waals surface area contributed by atoms with Crippen LogP contribution >= 0.6 is 0 Å². The number of hydrogen-bond donors (Lipinski definition) is 1. The van der Waals surface area contributed by atoms with E-state index in [2.05, 4.69) is 26.8 Å². The molecule has 0 aromatic heterocycles. The summed E-state index contributed by atoms with van der Waals surface area (Å²) in [5.74, 6) is -1.46. The van der Waals surface area contributed by atoms with Crippen LogP contribution in [-0.4, -0.2) is 61.5 Å². The molecule has 0 radical (unpaired) electrons. The van der Waals surface area contributed by atoms with Gasteiger partial charge in [0, 0.05) is 25.7 Å². The Kier molecular flexibility index (Phi) is 39.4. The molecule has 0 rings (SSSR count). The predicted octanol–water partition coefficient (Wildman–Crippen LogP) is 11.8. The Morgan fingerprint density at radius 2 is 0.836 bits per heavy atom. The van der Waals surface area contributed by atoms with Crippen molar-refractivity contribution in [3.63, 3.8) is 0 Å².